The Bertz CT molecular complexity index is 1240. The van der Waals surface area contributed by atoms with Crippen molar-refractivity contribution in [2.45, 2.75) is 33.2 Å². The van der Waals surface area contributed by atoms with E-state index in [0.717, 1.165) is 51.2 Å². The molecule has 1 atom stereocenters. The van der Waals surface area contributed by atoms with Gasteiger partial charge >= 0.3 is 0 Å². The minimum atomic E-state index is 0.272. The van der Waals surface area contributed by atoms with Gasteiger partial charge in [-0.25, -0.2) is 0 Å². The van der Waals surface area contributed by atoms with Gasteiger partial charge in [0.2, 0.25) is 0 Å². The highest BCUT2D eigenvalue weighted by atomic mass is 16.5. The molecule has 0 fully saturated rings. The Labute approximate surface area is 183 Å². The molecule has 5 nitrogen and oxygen atoms in total. The maximum absolute atomic E-state index is 5.76. The van der Waals surface area contributed by atoms with Gasteiger partial charge in [-0.3, -0.25) is 4.98 Å². The van der Waals surface area contributed by atoms with Crippen LogP contribution >= 0.6 is 0 Å². The number of aromatic nitrogens is 2. The first-order valence-corrected chi connectivity index (χ1v) is 10.7. The number of ether oxygens (including phenoxy) is 3. The lowest BCUT2D eigenvalue weighted by molar-refractivity contribution is 0.155. The lowest BCUT2D eigenvalue weighted by Gasteiger charge is -2.20. The zero-order chi connectivity index (χ0) is 22.1. The van der Waals surface area contributed by atoms with Crippen molar-refractivity contribution in [1.82, 2.24) is 9.55 Å². The van der Waals surface area contributed by atoms with Crippen LogP contribution in [0.25, 0.3) is 32.9 Å². The number of rotatable bonds is 7. The van der Waals surface area contributed by atoms with Crippen LogP contribution in [0, 0.1) is 13.8 Å². The normalized spacial score (nSPS) is 12.5. The number of hydrogen-bond donors (Lipinski definition) is 0. The molecule has 0 spiro atoms. The summed E-state index contributed by atoms with van der Waals surface area (Å²) in [7, 11) is 5.13. The number of fused-ring (bicyclic) bond motifs is 3. The average Bonchev–Trinajstić information content (AvgIpc) is 3.22. The Hall–Kier alpha value is -3.05. The minimum absolute atomic E-state index is 0.272. The lowest BCUT2D eigenvalue weighted by atomic mass is 9.95. The van der Waals surface area contributed by atoms with Gasteiger partial charge in [0.25, 0.3) is 0 Å². The van der Waals surface area contributed by atoms with E-state index < -0.39 is 0 Å². The summed E-state index contributed by atoms with van der Waals surface area (Å²) in [6, 6.07) is 12.8. The molecule has 0 bridgehead atoms. The monoisotopic (exact) mass is 418 g/mol. The van der Waals surface area contributed by atoms with Gasteiger partial charge in [-0.05, 0) is 38.0 Å². The Morgan fingerprint density at radius 1 is 1.00 bits per heavy atom. The van der Waals surface area contributed by atoms with Crippen LogP contribution in [0.1, 0.15) is 30.6 Å². The number of pyridine rings is 1. The van der Waals surface area contributed by atoms with E-state index in [2.05, 4.69) is 55.8 Å². The van der Waals surface area contributed by atoms with Crippen LogP contribution in [0.2, 0.25) is 0 Å². The molecule has 2 aromatic heterocycles. The van der Waals surface area contributed by atoms with E-state index in [9.17, 15) is 0 Å². The molecule has 31 heavy (non-hydrogen) atoms. The Morgan fingerprint density at radius 3 is 2.48 bits per heavy atom. The van der Waals surface area contributed by atoms with E-state index in [1.807, 2.05) is 12.1 Å². The second kappa shape index (κ2) is 8.60. The summed E-state index contributed by atoms with van der Waals surface area (Å²) in [4.78, 5) is 5.05. The number of nitrogens with zero attached hydrogens (tertiary/aromatic N) is 2. The fraction of sp³-hybridized carbons (Fsp3) is 0.346. The van der Waals surface area contributed by atoms with Gasteiger partial charge < -0.3 is 18.8 Å². The Morgan fingerprint density at radius 2 is 1.81 bits per heavy atom. The third-order valence-corrected chi connectivity index (χ3v) is 6.10. The van der Waals surface area contributed by atoms with Crippen molar-refractivity contribution < 1.29 is 14.2 Å². The summed E-state index contributed by atoms with van der Waals surface area (Å²) in [6.45, 7) is 7.04. The fourth-order valence-electron chi connectivity index (χ4n) is 4.55. The molecule has 0 saturated carbocycles. The molecule has 0 amide bonds. The zero-order valence-corrected chi connectivity index (χ0v) is 19.2. The quantitative estimate of drug-likeness (QED) is 0.364. The molecule has 0 N–H and O–H groups in total. The predicted octanol–water partition coefficient (Wildman–Crippen LogP) is 6.09. The van der Waals surface area contributed by atoms with Gasteiger partial charge in [0, 0.05) is 47.0 Å². The first kappa shape index (κ1) is 21.2. The number of para-hydroxylation sites is 1. The Kier molecular flexibility index (Phi) is 5.88. The average molecular weight is 419 g/mol. The first-order chi connectivity index (χ1) is 15.0. The van der Waals surface area contributed by atoms with E-state index in [-0.39, 0.29) is 6.04 Å². The van der Waals surface area contributed by atoms with Gasteiger partial charge in [0.1, 0.15) is 11.5 Å². The Balaban J connectivity index is 2.06. The molecule has 0 aliphatic rings. The summed E-state index contributed by atoms with van der Waals surface area (Å²) in [6.07, 6.45) is 3.16. The van der Waals surface area contributed by atoms with Crippen LogP contribution in [0.3, 0.4) is 0 Å². The van der Waals surface area contributed by atoms with Crippen LogP contribution in [-0.4, -0.2) is 37.5 Å². The number of benzene rings is 2. The third-order valence-electron chi connectivity index (χ3n) is 6.10. The zero-order valence-electron chi connectivity index (χ0n) is 19.2. The summed E-state index contributed by atoms with van der Waals surface area (Å²) >= 11 is 0. The molecular formula is C26H30N2O3. The molecule has 0 aliphatic heterocycles. The lowest BCUT2D eigenvalue weighted by Crippen LogP contribution is -2.13. The molecule has 0 saturated heterocycles. The highest BCUT2D eigenvalue weighted by Crippen LogP contribution is 2.41. The molecule has 2 heterocycles. The van der Waals surface area contributed by atoms with Crippen LogP contribution in [0.5, 0.6) is 11.5 Å². The highest BCUT2D eigenvalue weighted by molar-refractivity contribution is 6.10. The summed E-state index contributed by atoms with van der Waals surface area (Å²) in [5, 5.41) is 2.31. The second-order valence-electron chi connectivity index (χ2n) is 7.92. The van der Waals surface area contributed by atoms with E-state index in [0.29, 0.717) is 6.61 Å². The van der Waals surface area contributed by atoms with Crippen molar-refractivity contribution in [1.29, 1.82) is 0 Å². The predicted molar refractivity (Wildman–Crippen MR) is 126 cm³/mol. The summed E-state index contributed by atoms with van der Waals surface area (Å²) in [5.74, 6) is 1.56. The third kappa shape index (κ3) is 3.53. The summed E-state index contributed by atoms with van der Waals surface area (Å²) in [5.41, 5.74) is 6.40. The molecular weight excluding hydrogens is 388 g/mol. The van der Waals surface area contributed by atoms with Crippen LogP contribution in [0.15, 0.2) is 42.6 Å². The van der Waals surface area contributed by atoms with Crippen molar-refractivity contribution in [3.8, 4) is 22.6 Å². The van der Waals surface area contributed by atoms with Crippen molar-refractivity contribution in [2.24, 2.45) is 0 Å². The molecule has 0 aliphatic carbocycles. The van der Waals surface area contributed by atoms with E-state index in [1.165, 1.54) is 10.9 Å². The van der Waals surface area contributed by atoms with Crippen molar-refractivity contribution in [3.05, 3.63) is 53.9 Å². The van der Waals surface area contributed by atoms with Gasteiger partial charge in [0.05, 0.1) is 37.9 Å². The van der Waals surface area contributed by atoms with Crippen molar-refractivity contribution in [2.75, 3.05) is 27.9 Å². The van der Waals surface area contributed by atoms with E-state index in [4.69, 9.17) is 19.2 Å². The maximum atomic E-state index is 5.76. The van der Waals surface area contributed by atoms with Gasteiger partial charge in [0.15, 0.2) is 0 Å². The number of aryl methyl sites for hydroxylation is 2. The maximum Gasteiger partial charge on any atom is 0.130 e. The minimum Gasteiger partial charge on any atom is -0.497 e. The smallest absolute Gasteiger partial charge is 0.130 e. The van der Waals surface area contributed by atoms with Gasteiger partial charge in [-0.1, -0.05) is 25.1 Å². The van der Waals surface area contributed by atoms with Crippen LogP contribution in [0.4, 0.5) is 0 Å². The number of methoxy groups -OCH3 is 3. The van der Waals surface area contributed by atoms with Crippen molar-refractivity contribution >= 4 is 21.8 Å². The van der Waals surface area contributed by atoms with Gasteiger partial charge in [-0.2, -0.15) is 0 Å². The topological polar surface area (TPSA) is 45.5 Å². The molecule has 2 aromatic carbocycles. The second-order valence-corrected chi connectivity index (χ2v) is 7.92. The number of hydrogen-bond acceptors (Lipinski definition) is 4. The van der Waals surface area contributed by atoms with Gasteiger partial charge in [-0.15, -0.1) is 0 Å². The molecule has 162 valence electrons. The highest BCUT2D eigenvalue weighted by Gasteiger charge is 2.20. The van der Waals surface area contributed by atoms with E-state index >= 15 is 0 Å². The molecule has 1 unspecified atom stereocenters. The largest absolute Gasteiger partial charge is 0.497 e. The standard InChI is InChI=1S/C26H30N2O3/c1-7-18(15-29-4)28-12-11-20-17(3)27-25-21(9-8-10-22(25)26(20)28)24-16(2)13-19(30-5)14-23(24)31-6/h8-14,18H,7,15H2,1-6H3. The van der Waals surface area contributed by atoms with Crippen LogP contribution < -0.4 is 9.47 Å². The molecule has 4 aromatic rings. The first-order valence-electron chi connectivity index (χ1n) is 10.7. The molecule has 0 radical (unpaired) electrons. The molecule has 5 heteroatoms. The fourth-order valence-corrected chi connectivity index (χ4v) is 4.55. The van der Waals surface area contributed by atoms with Crippen molar-refractivity contribution in [3.63, 3.8) is 0 Å². The summed E-state index contributed by atoms with van der Waals surface area (Å²) < 4.78 is 19.1. The SMILES string of the molecule is CCC(COC)n1ccc2c(C)nc3c(-c4c(C)cc(OC)cc4OC)cccc3c21. The molecule has 4 rings (SSSR count). The van der Waals surface area contributed by atoms with Crippen LogP contribution in [-0.2, 0) is 4.74 Å². The van der Waals surface area contributed by atoms with E-state index in [1.54, 1.807) is 21.3 Å².